The van der Waals surface area contributed by atoms with Crippen LogP contribution in [-0.2, 0) is 14.3 Å². The topological polar surface area (TPSA) is 80.7 Å². The molecule has 0 saturated carbocycles. The molecule has 0 fully saturated rings. The van der Waals surface area contributed by atoms with Crippen molar-refractivity contribution in [2.75, 3.05) is 6.61 Å². The Morgan fingerprint density at radius 2 is 2.05 bits per heavy atom. The molecule has 21 heavy (non-hydrogen) atoms. The summed E-state index contributed by atoms with van der Waals surface area (Å²) >= 11 is 3.25. The lowest BCUT2D eigenvalue weighted by molar-refractivity contribution is -0.131. The summed E-state index contributed by atoms with van der Waals surface area (Å²) in [6.07, 6.45) is 2.35. The number of aliphatic carboxylic acids is 1. The van der Waals surface area contributed by atoms with Gasteiger partial charge in [-0.25, -0.2) is 9.59 Å². The average molecular weight is 355 g/mol. The van der Waals surface area contributed by atoms with Gasteiger partial charge in [-0.15, -0.1) is 0 Å². The van der Waals surface area contributed by atoms with E-state index in [1.54, 1.807) is 13.0 Å². The minimum absolute atomic E-state index is 0.152. The second-order valence-corrected chi connectivity index (χ2v) is 5.12. The highest BCUT2D eigenvalue weighted by atomic mass is 79.9. The standard InChI is InChI=1S/C15H15BrO5/c1-3-21-15(20)11-5-4-10(6-7-13(18)19)12(8-11)14(16)9(2)17/h4-8,14H,3H2,1-2H3,(H,18,19)/b7-6+. The summed E-state index contributed by atoms with van der Waals surface area (Å²) in [6, 6.07) is 4.64. The summed E-state index contributed by atoms with van der Waals surface area (Å²) in [5, 5.41) is 8.69. The minimum Gasteiger partial charge on any atom is -0.478 e. The molecule has 0 aliphatic carbocycles. The van der Waals surface area contributed by atoms with Crippen molar-refractivity contribution < 1.29 is 24.2 Å². The molecule has 1 rings (SSSR count). The Kier molecular flexibility index (Phi) is 6.30. The van der Waals surface area contributed by atoms with Crippen LogP contribution in [0.25, 0.3) is 6.08 Å². The van der Waals surface area contributed by atoms with Gasteiger partial charge < -0.3 is 9.84 Å². The second kappa shape index (κ2) is 7.73. The summed E-state index contributed by atoms with van der Waals surface area (Å²) in [4.78, 5) is 33.3. The van der Waals surface area contributed by atoms with Crippen LogP contribution in [-0.4, -0.2) is 29.4 Å². The molecule has 0 aliphatic heterocycles. The fraction of sp³-hybridized carbons (Fsp3) is 0.267. The van der Waals surface area contributed by atoms with E-state index in [9.17, 15) is 14.4 Å². The predicted molar refractivity (Wildman–Crippen MR) is 81.4 cm³/mol. The number of carbonyl (C=O) groups excluding carboxylic acids is 2. The molecule has 1 N–H and O–H groups in total. The van der Waals surface area contributed by atoms with Crippen LogP contribution < -0.4 is 0 Å². The van der Waals surface area contributed by atoms with E-state index in [-0.39, 0.29) is 12.4 Å². The molecule has 0 heterocycles. The van der Waals surface area contributed by atoms with E-state index in [1.807, 2.05) is 0 Å². The minimum atomic E-state index is -1.09. The monoisotopic (exact) mass is 354 g/mol. The molecular formula is C15H15BrO5. The van der Waals surface area contributed by atoms with Crippen LogP contribution in [0.4, 0.5) is 0 Å². The lowest BCUT2D eigenvalue weighted by atomic mass is 9.99. The van der Waals surface area contributed by atoms with Crippen LogP contribution in [0.2, 0.25) is 0 Å². The van der Waals surface area contributed by atoms with Gasteiger partial charge in [0.1, 0.15) is 5.78 Å². The van der Waals surface area contributed by atoms with Crippen molar-refractivity contribution in [2.45, 2.75) is 18.7 Å². The summed E-state index contributed by atoms with van der Waals surface area (Å²) in [5.74, 6) is -1.74. The van der Waals surface area contributed by atoms with Crippen LogP contribution >= 0.6 is 15.9 Å². The summed E-state index contributed by atoms with van der Waals surface area (Å²) in [6.45, 7) is 3.35. The first-order chi connectivity index (χ1) is 9.86. The number of ether oxygens (including phenoxy) is 1. The lowest BCUT2D eigenvalue weighted by Crippen LogP contribution is -2.08. The van der Waals surface area contributed by atoms with E-state index < -0.39 is 16.8 Å². The summed E-state index contributed by atoms with van der Waals surface area (Å²) in [5.41, 5.74) is 1.37. The molecular weight excluding hydrogens is 340 g/mol. The zero-order chi connectivity index (χ0) is 16.0. The third-order valence-corrected chi connectivity index (χ3v) is 3.77. The number of hydrogen-bond acceptors (Lipinski definition) is 4. The fourth-order valence-corrected chi connectivity index (χ4v) is 2.06. The number of alkyl halides is 1. The van der Waals surface area contributed by atoms with Gasteiger partial charge in [-0.05, 0) is 43.2 Å². The molecule has 1 aromatic rings. The number of carboxylic acid groups (broad SMARTS) is 1. The van der Waals surface area contributed by atoms with Gasteiger partial charge in [-0.3, -0.25) is 4.79 Å². The van der Waals surface area contributed by atoms with Gasteiger partial charge in [-0.2, -0.15) is 0 Å². The Bertz CT molecular complexity index is 592. The fourth-order valence-electron chi connectivity index (χ4n) is 1.67. The normalized spacial score (nSPS) is 12.1. The molecule has 0 aromatic heterocycles. The smallest absolute Gasteiger partial charge is 0.338 e. The molecule has 0 aliphatic rings. The molecule has 0 saturated heterocycles. The van der Waals surface area contributed by atoms with Crippen molar-refractivity contribution in [1.82, 2.24) is 0 Å². The third kappa shape index (κ3) is 4.82. The number of halogens is 1. The van der Waals surface area contributed by atoms with Gasteiger partial charge in [0.2, 0.25) is 0 Å². The molecule has 0 spiro atoms. The van der Waals surface area contributed by atoms with Crippen molar-refractivity contribution in [3.05, 3.63) is 41.0 Å². The van der Waals surface area contributed by atoms with Crippen LogP contribution in [0.3, 0.4) is 0 Å². The first-order valence-corrected chi connectivity index (χ1v) is 7.15. The van der Waals surface area contributed by atoms with E-state index in [0.717, 1.165) is 6.08 Å². The third-order valence-electron chi connectivity index (χ3n) is 2.63. The Morgan fingerprint density at radius 3 is 2.57 bits per heavy atom. The van der Waals surface area contributed by atoms with E-state index in [0.29, 0.717) is 16.7 Å². The first kappa shape index (κ1) is 17.1. The highest BCUT2D eigenvalue weighted by Crippen LogP contribution is 2.29. The number of ketones is 1. The van der Waals surface area contributed by atoms with Crippen LogP contribution in [0.15, 0.2) is 24.3 Å². The van der Waals surface area contributed by atoms with Crippen molar-refractivity contribution in [3.63, 3.8) is 0 Å². The molecule has 1 aromatic carbocycles. The molecule has 1 unspecified atom stereocenters. The molecule has 1 atom stereocenters. The number of hydrogen-bond donors (Lipinski definition) is 1. The Morgan fingerprint density at radius 1 is 1.38 bits per heavy atom. The van der Waals surface area contributed by atoms with Crippen LogP contribution in [0, 0.1) is 0 Å². The van der Waals surface area contributed by atoms with Crippen molar-refractivity contribution in [3.8, 4) is 0 Å². The van der Waals surface area contributed by atoms with E-state index in [4.69, 9.17) is 9.84 Å². The van der Waals surface area contributed by atoms with E-state index in [2.05, 4.69) is 15.9 Å². The van der Waals surface area contributed by atoms with Gasteiger partial charge in [0, 0.05) is 6.08 Å². The summed E-state index contributed by atoms with van der Waals surface area (Å²) < 4.78 is 4.91. The molecule has 0 amide bonds. The molecule has 0 bridgehead atoms. The number of carboxylic acids is 1. The van der Waals surface area contributed by atoms with Crippen LogP contribution in [0.1, 0.15) is 40.2 Å². The highest BCUT2D eigenvalue weighted by Gasteiger charge is 2.18. The number of benzene rings is 1. The largest absolute Gasteiger partial charge is 0.478 e. The maximum absolute atomic E-state index is 11.7. The number of Topliss-reactive ketones (excluding diaryl/α,β-unsaturated/α-hetero) is 1. The highest BCUT2D eigenvalue weighted by molar-refractivity contribution is 9.09. The average Bonchev–Trinajstić information content (AvgIpc) is 2.44. The van der Waals surface area contributed by atoms with Gasteiger partial charge in [0.25, 0.3) is 0 Å². The quantitative estimate of drug-likeness (QED) is 0.482. The molecule has 5 nitrogen and oxygen atoms in total. The second-order valence-electron chi connectivity index (χ2n) is 4.21. The van der Waals surface area contributed by atoms with Crippen molar-refractivity contribution in [2.24, 2.45) is 0 Å². The van der Waals surface area contributed by atoms with E-state index >= 15 is 0 Å². The van der Waals surface area contributed by atoms with Crippen LogP contribution in [0.5, 0.6) is 0 Å². The van der Waals surface area contributed by atoms with Gasteiger partial charge in [0.05, 0.1) is 17.0 Å². The Hall–Kier alpha value is -1.95. The number of rotatable bonds is 6. The molecule has 0 radical (unpaired) electrons. The summed E-state index contributed by atoms with van der Waals surface area (Å²) in [7, 11) is 0. The number of esters is 1. The molecule has 112 valence electrons. The first-order valence-electron chi connectivity index (χ1n) is 6.23. The van der Waals surface area contributed by atoms with E-state index in [1.165, 1.54) is 25.1 Å². The lowest BCUT2D eigenvalue weighted by Gasteiger charge is -2.12. The Balaban J connectivity index is 3.29. The van der Waals surface area contributed by atoms with Crippen molar-refractivity contribution in [1.29, 1.82) is 0 Å². The van der Waals surface area contributed by atoms with Gasteiger partial charge in [-0.1, -0.05) is 22.0 Å². The van der Waals surface area contributed by atoms with Gasteiger partial charge in [0.15, 0.2) is 0 Å². The zero-order valence-electron chi connectivity index (χ0n) is 11.6. The maximum atomic E-state index is 11.7. The van der Waals surface area contributed by atoms with Gasteiger partial charge >= 0.3 is 11.9 Å². The maximum Gasteiger partial charge on any atom is 0.338 e. The number of carbonyl (C=O) groups is 3. The molecule has 6 heteroatoms. The van der Waals surface area contributed by atoms with Crippen molar-refractivity contribution >= 4 is 39.7 Å². The zero-order valence-corrected chi connectivity index (χ0v) is 13.2. The Labute approximate surface area is 130 Å². The SMILES string of the molecule is CCOC(=O)c1ccc(/C=C/C(=O)O)c(C(Br)C(C)=O)c1. The predicted octanol–water partition coefficient (Wildman–Crippen LogP) is 2.99.